The molecule has 2 aliphatic carbocycles. The van der Waals surface area contributed by atoms with Crippen molar-refractivity contribution >= 4 is 20.3 Å². The number of carbonyl (C=O) groups excluding carboxylic acids is 1. The molecule has 0 spiro atoms. The van der Waals surface area contributed by atoms with Gasteiger partial charge in [0.2, 0.25) is 0 Å². The van der Waals surface area contributed by atoms with E-state index in [9.17, 15) is 14.7 Å². The molecule has 4 rings (SSSR count). The van der Waals surface area contributed by atoms with Gasteiger partial charge in [-0.2, -0.15) is 0 Å². The minimum atomic E-state index is -1.96. The van der Waals surface area contributed by atoms with Crippen molar-refractivity contribution in [3.05, 3.63) is 60.2 Å². The number of hydrogen-bond acceptors (Lipinski definition) is 5. The Labute approximate surface area is 278 Å². The van der Waals surface area contributed by atoms with Crippen molar-refractivity contribution in [3.63, 3.8) is 0 Å². The highest BCUT2D eigenvalue weighted by Crippen LogP contribution is 2.45. The van der Waals surface area contributed by atoms with Gasteiger partial charge in [-0.15, -0.1) is 0 Å². The highest BCUT2D eigenvalue weighted by molar-refractivity contribution is 6.74. The van der Waals surface area contributed by atoms with Crippen molar-refractivity contribution < 1.29 is 29.0 Å². The molecule has 0 amide bonds. The van der Waals surface area contributed by atoms with E-state index in [1.54, 1.807) is 0 Å². The SMILES string of the molecule is CC(C)(C)[Si](C)(C)O[C@@H](CC[C@H]1C(O)C[C@H](OC(=O)c2ccc(-c3ccccc3)cc2)[C@@H]1CCCCCCC(=O)O)C1CCCC1. The topological polar surface area (TPSA) is 93.1 Å². The van der Waals surface area contributed by atoms with E-state index in [1.807, 2.05) is 54.6 Å². The van der Waals surface area contributed by atoms with E-state index in [-0.39, 0.29) is 41.5 Å². The molecule has 2 fully saturated rings. The Morgan fingerprint density at radius 2 is 1.50 bits per heavy atom. The number of esters is 1. The molecule has 1 unspecified atom stereocenters. The van der Waals surface area contributed by atoms with Gasteiger partial charge in [-0.3, -0.25) is 4.79 Å². The summed E-state index contributed by atoms with van der Waals surface area (Å²) in [6.45, 7) is 11.6. The Morgan fingerprint density at radius 3 is 2.13 bits per heavy atom. The zero-order valence-electron chi connectivity index (χ0n) is 28.9. The van der Waals surface area contributed by atoms with Gasteiger partial charge in [0.25, 0.3) is 0 Å². The molecule has 0 bridgehead atoms. The maximum absolute atomic E-state index is 13.4. The molecule has 0 heterocycles. The van der Waals surface area contributed by atoms with Gasteiger partial charge in [0.05, 0.1) is 11.7 Å². The molecule has 2 aliphatic rings. The fourth-order valence-corrected chi connectivity index (χ4v) is 8.79. The van der Waals surface area contributed by atoms with Crippen LogP contribution in [0.3, 0.4) is 0 Å². The second-order valence-corrected chi connectivity index (χ2v) is 20.2. The van der Waals surface area contributed by atoms with E-state index < -0.39 is 20.4 Å². The predicted molar refractivity (Wildman–Crippen MR) is 187 cm³/mol. The van der Waals surface area contributed by atoms with Gasteiger partial charge in [-0.25, -0.2) is 4.79 Å². The van der Waals surface area contributed by atoms with Crippen LogP contribution < -0.4 is 0 Å². The second-order valence-electron chi connectivity index (χ2n) is 15.4. The largest absolute Gasteiger partial charge is 0.481 e. The number of carboxylic acids is 1. The highest BCUT2D eigenvalue weighted by atomic mass is 28.4. The lowest BCUT2D eigenvalue weighted by molar-refractivity contribution is -0.137. The first-order chi connectivity index (χ1) is 21.9. The number of unbranched alkanes of at least 4 members (excludes halogenated alkanes) is 3. The molecule has 46 heavy (non-hydrogen) atoms. The number of carbonyl (C=O) groups is 2. The maximum atomic E-state index is 13.4. The van der Waals surface area contributed by atoms with Crippen LogP contribution in [0.1, 0.15) is 115 Å². The summed E-state index contributed by atoms with van der Waals surface area (Å²) in [6.07, 6.45) is 11.0. The van der Waals surface area contributed by atoms with Gasteiger partial charge in [0, 0.05) is 24.9 Å². The van der Waals surface area contributed by atoms with Crippen LogP contribution >= 0.6 is 0 Å². The van der Waals surface area contributed by atoms with Crippen LogP contribution in [0.2, 0.25) is 18.1 Å². The zero-order valence-corrected chi connectivity index (χ0v) is 29.9. The van der Waals surface area contributed by atoms with E-state index in [0.29, 0.717) is 24.3 Å². The van der Waals surface area contributed by atoms with Gasteiger partial charge in [0.15, 0.2) is 8.32 Å². The van der Waals surface area contributed by atoms with Crippen LogP contribution in [0, 0.1) is 17.8 Å². The molecule has 254 valence electrons. The van der Waals surface area contributed by atoms with Gasteiger partial charge in [-0.05, 0) is 91.8 Å². The first kappa shape index (κ1) is 36.4. The van der Waals surface area contributed by atoms with Gasteiger partial charge >= 0.3 is 11.9 Å². The first-order valence-electron chi connectivity index (χ1n) is 17.8. The van der Waals surface area contributed by atoms with E-state index in [1.165, 1.54) is 25.7 Å². The Bertz CT molecular complexity index is 1230. The molecule has 2 aromatic carbocycles. The lowest BCUT2D eigenvalue weighted by Crippen LogP contribution is -2.45. The molecule has 2 saturated carbocycles. The molecule has 2 aromatic rings. The van der Waals surface area contributed by atoms with Crippen molar-refractivity contribution in [3.8, 4) is 11.1 Å². The minimum absolute atomic E-state index is 0.0456. The average molecular weight is 651 g/mol. The van der Waals surface area contributed by atoms with Gasteiger partial charge in [-0.1, -0.05) is 95.3 Å². The summed E-state index contributed by atoms with van der Waals surface area (Å²) < 4.78 is 13.3. The monoisotopic (exact) mass is 650 g/mol. The standard InChI is InChI=1S/C39H58O6Si/c1-39(2,3)46(4,5)45-35(30-17-13-14-18-30)26-25-32-33(19-11-6-7-12-20-37(41)42)36(27-34(32)40)44-38(43)31-23-21-29(22-24-31)28-15-9-8-10-16-28/h8-10,15-16,21-24,30,32-36,40H,6-7,11-14,17-20,25-27H2,1-5H3,(H,41,42)/t32-,33-,34?,35+,36+/m1/s1. The Kier molecular flexibility index (Phi) is 13.1. The normalized spacial score (nSPS) is 23.0. The first-order valence-corrected chi connectivity index (χ1v) is 20.7. The fourth-order valence-electron chi connectivity index (χ4n) is 7.37. The van der Waals surface area contributed by atoms with Crippen LogP contribution in [0.4, 0.5) is 0 Å². The predicted octanol–water partition coefficient (Wildman–Crippen LogP) is 9.66. The Morgan fingerprint density at radius 1 is 0.870 bits per heavy atom. The third-order valence-electron chi connectivity index (χ3n) is 11.1. The highest BCUT2D eigenvalue weighted by Gasteiger charge is 2.46. The summed E-state index contributed by atoms with van der Waals surface area (Å²) in [4.78, 5) is 24.4. The fraction of sp³-hybridized carbons (Fsp3) is 0.641. The number of ether oxygens (including phenoxy) is 1. The summed E-state index contributed by atoms with van der Waals surface area (Å²) in [7, 11) is -1.96. The quantitative estimate of drug-likeness (QED) is 0.107. The molecular formula is C39H58O6Si. The van der Waals surface area contributed by atoms with Crippen molar-refractivity contribution in [1.29, 1.82) is 0 Å². The number of aliphatic carboxylic acids is 1. The molecule has 0 saturated heterocycles. The summed E-state index contributed by atoms with van der Waals surface area (Å²) in [5.41, 5.74) is 2.67. The summed E-state index contributed by atoms with van der Waals surface area (Å²) in [6, 6.07) is 17.7. The minimum Gasteiger partial charge on any atom is -0.481 e. The van der Waals surface area contributed by atoms with Crippen molar-refractivity contribution in [2.75, 3.05) is 0 Å². The zero-order chi connectivity index (χ0) is 33.3. The average Bonchev–Trinajstić information content (AvgIpc) is 3.65. The third-order valence-corrected chi connectivity index (χ3v) is 15.6. The van der Waals surface area contributed by atoms with Crippen LogP contribution in [0.15, 0.2) is 54.6 Å². The van der Waals surface area contributed by atoms with Crippen molar-refractivity contribution in [2.24, 2.45) is 17.8 Å². The van der Waals surface area contributed by atoms with E-state index >= 15 is 0 Å². The number of carboxylic acid groups (broad SMARTS) is 1. The molecule has 0 radical (unpaired) electrons. The lowest BCUT2D eigenvalue weighted by Gasteiger charge is -2.41. The van der Waals surface area contributed by atoms with Crippen LogP contribution in [0.25, 0.3) is 11.1 Å². The summed E-state index contributed by atoms with van der Waals surface area (Å²) in [5.74, 6) is -0.398. The number of hydrogen-bond donors (Lipinski definition) is 2. The van der Waals surface area contributed by atoms with E-state index in [2.05, 4.69) is 33.9 Å². The number of rotatable bonds is 16. The third kappa shape index (κ3) is 10.0. The van der Waals surface area contributed by atoms with Crippen molar-refractivity contribution in [1.82, 2.24) is 0 Å². The molecule has 6 nitrogen and oxygen atoms in total. The smallest absolute Gasteiger partial charge is 0.338 e. The molecule has 2 N–H and O–H groups in total. The number of aliphatic hydroxyl groups is 1. The second kappa shape index (κ2) is 16.6. The van der Waals surface area contributed by atoms with E-state index in [4.69, 9.17) is 14.3 Å². The van der Waals surface area contributed by atoms with Crippen LogP contribution in [0.5, 0.6) is 0 Å². The number of benzene rings is 2. The molecular weight excluding hydrogens is 593 g/mol. The van der Waals surface area contributed by atoms with E-state index in [0.717, 1.165) is 49.7 Å². The Balaban J connectivity index is 1.45. The van der Waals surface area contributed by atoms with Crippen LogP contribution in [-0.4, -0.2) is 48.8 Å². The lowest BCUT2D eigenvalue weighted by atomic mass is 9.83. The molecule has 0 aromatic heterocycles. The Hall–Kier alpha value is -2.48. The summed E-state index contributed by atoms with van der Waals surface area (Å²) in [5, 5.41) is 20.6. The molecule has 5 atom stereocenters. The summed E-state index contributed by atoms with van der Waals surface area (Å²) >= 11 is 0. The van der Waals surface area contributed by atoms with Crippen molar-refractivity contribution in [2.45, 2.75) is 141 Å². The van der Waals surface area contributed by atoms with Gasteiger partial charge < -0.3 is 19.4 Å². The van der Waals surface area contributed by atoms with Crippen LogP contribution in [-0.2, 0) is 14.0 Å². The van der Waals surface area contributed by atoms with Gasteiger partial charge in [0.1, 0.15) is 6.10 Å². The molecule has 7 heteroatoms. The molecule has 0 aliphatic heterocycles. The number of aliphatic hydroxyl groups excluding tert-OH is 1. The maximum Gasteiger partial charge on any atom is 0.338 e.